The lowest BCUT2D eigenvalue weighted by atomic mass is 9.98. The van der Waals surface area contributed by atoms with Gasteiger partial charge in [-0.3, -0.25) is 10.3 Å². The number of ether oxygens (including phenoxy) is 1. The molecule has 1 aromatic carbocycles. The molecule has 0 aliphatic rings. The highest BCUT2D eigenvalue weighted by Crippen LogP contribution is 2.31. The number of anilines is 1. The van der Waals surface area contributed by atoms with Crippen LogP contribution in [-0.2, 0) is 11.8 Å². The Morgan fingerprint density at radius 1 is 1.09 bits per heavy atom. The lowest BCUT2D eigenvalue weighted by Gasteiger charge is -2.12. The largest absolute Gasteiger partial charge is 0.495 e. The number of aromatic nitrogens is 4. The summed E-state index contributed by atoms with van der Waals surface area (Å²) in [4.78, 5) is 21.0. The third kappa shape index (κ3) is 5.20. The number of hydrogen-bond acceptors (Lipinski definition) is 8. The van der Waals surface area contributed by atoms with Crippen molar-refractivity contribution in [2.24, 2.45) is 0 Å². The number of pyridine rings is 1. The van der Waals surface area contributed by atoms with E-state index in [1.54, 1.807) is 30.8 Å². The molecule has 8 nitrogen and oxygen atoms in total. The third-order valence-electron chi connectivity index (χ3n) is 4.62. The number of rotatable bonds is 6. The van der Waals surface area contributed by atoms with Crippen molar-refractivity contribution in [1.82, 2.24) is 25.5 Å². The predicted molar refractivity (Wildman–Crippen MR) is 129 cm³/mol. The minimum Gasteiger partial charge on any atom is -0.495 e. The Labute approximate surface area is 194 Å². The van der Waals surface area contributed by atoms with Gasteiger partial charge in [0.15, 0.2) is 5.13 Å². The molecule has 3 aromatic heterocycles. The predicted octanol–water partition coefficient (Wildman–Crippen LogP) is 4.88. The van der Waals surface area contributed by atoms with Crippen molar-refractivity contribution in [1.29, 1.82) is 0 Å². The Bertz CT molecular complexity index is 1240. The molecule has 0 atom stereocenters. The van der Waals surface area contributed by atoms with Crippen molar-refractivity contribution in [2.75, 3.05) is 19.0 Å². The first-order valence-corrected chi connectivity index (χ1v) is 11.7. The van der Waals surface area contributed by atoms with Crippen LogP contribution in [0.25, 0.3) is 21.3 Å². The van der Waals surface area contributed by atoms with Gasteiger partial charge in [0.1, 0.15) is 15.8 Å². The lowest BCUT2D eigenvalue weighted by Crippen LogP contribution is -2.30. The third-order valence-corrected chi connectivity index (χ3v) is 6.97. The second-order valence-corrected chi connectivity index (χ2v) is 10.3. The van der Waals surface area contributed by atoms with Crippen LogP contribution in [-0.4, -0.2) is 39.9 Å². The van der Waals surface area contributed by atoms with E-state index in [1.165, 1.54) is 11.3 Å². The first-order chi connectivity index (χ1) is 15.3. The van der Waals surface area contributed by atoms with E-state index in [0.29, 0.717) is 23.8 Å². The molecule has 2 amide bonds. The zero-order valence-corrected chi connectivity index (χ0v) is 19.9. The number of thiazole rings is 1. The van der Waals surface area contributed by atoms with Crippen molar-refractivity contribution in [3.63, 3.8) is 0 Å². The first-order valence-electron chi connectivity index (χ1n) is 10.1. The van der Waals surface area contributed by atoms with E-state index in [0.717, 1.165) is 31.4 Å². The fraction of sp³-hybridized carbons (Fsp3) is 0.318. The van der Waals surface area contributed by atoms with E-state index < -0.39 is 0 Å². The van der Waals surface area contributed by atoms with Gasteiger partial charge < -0.3 is 10.1 Å². The lowest BCUT2D eigenvalue weighted by molar-refractivity contribution is 0.252. The number of carbonyl (C=O) groups excluding carboxylic acids is 1. The van der Waals surface area contributed by atoms with E-state index in [4.69, 9.17) is 4.74 Å². The molecule has 32 heavy (non-hydrogen) atoms. The maximum absolute atomic E-state index is 12.3. The zero-order chi connectivity index (χ0) is 22.7. The molecule has 0 aliphatic carbocycles. The minimum atomic E-state index is -0.290. The summed E-state index contributed by atoms with van der Waals surface area (Å²) in [7, 11) is 1.62. The molecule has 0 saturated carbocycles. The topological polar surface area (TPSA) is 102 Å². The van der Waals surface area contributed by atoms with Crippen molar-refractivity contribution in [3.05, 3.63) is 46.7 Å². The summed E-state index contributed by atoms with van der Waals surface area (Å²) in [5.41, 5.74) is 2.78. The van der Waals surface area contributed by atoms with Gasteiger partial charge in [-0.2, -0.15) is 0 Å². The number of nitrogens with one attached hydrogen (secondary N) is 2. The highest BCUT2D eigenvalue weighted by Gasteiger charge is 2.19. The summed E-state index contributed by atoms with van der Waals surface area (Å²) in [5, 5.41) is 16.6. The maximum atomic E-state index is 12.3. The van der Waals surface area contributed by atoms with Crippen LogP contribution in [0.4, 0.5) is 9.93 Å². The molecule has 166 valence electrons. The molecule has 4 rings (SSSR count). The Kier molecular flexibility index (Phi) is 6.33. The minimum absolute atomic E-state index is 0.0173. The summed E-state index contributed by atoms with van der Waals surface area (Å²) in [6.07, 6.45) is 4.10. The van der Waals surface area contributed by atoms with Gasteiger partial charge in [0.05, 0.1) is 23.5 Å². The van der Waals surface area contributed by atoms with Gasteiger partial charge in [-0.15, -0.1) is 21.5 Å². The Balaban J connectivity index is 1.36. The normalized spacial score (nSPS) is 11.5. The van der Waals surface area contributed by atoms with E-state index >= 15 is 0 Å². The molecule has 0 radical (unpaired) electrons. The fourth-order valence-electron chi connectivity index (χ4n) is 2.93. The van der Waals surface area contributed by atoms with Crippen molar-refractivity contribution in [2.45, 2.75) is 32.6 Å². The number of benzene rings is 1. The number of carbonyl (C=O) groups is 1. The molecular formula is C22H24N6O2S2. The van der Waals surface area contributed by atoms with Gasteiger partial charge in [-0.1, -0.05) is 38.2 Å². The fourth-order valence-corrected chi connectivity index (χ4v) is 4.72. The molecule has 0 fully saturated rings. The monoisotopic (exact) mass is 468 g/mol. The number of hydrogen-bond donors (Lipinski definition) is 2. The van der Waals surface area contributed by atoms with E-state index in [2.05, 4.69) is 51.6 Å². The molecule has 0 bridgehead atoms. The average molecular weight is 469 g/mol. The van der Waals surface area contributed by atoms with E-state index in [9.17, 15) is 4.79 Å². The highest BCUT2D eigenvalue weighted by molar-refractivity contribution is 7.22. The molecular weight excluding hydrogens is 444 g/mol. The summed E-state index contributed by atoms with van der Waals surface area (Å²) in [6, 6.07) is 7.60. The van der Waals surface area contributed by atoms with Crippen molar-refractivity contribution < 1.29 is 9.53 Å². The summed E-state index contributed by atoms with van der Waals surface area (Å²) >= 11 is 3.01. The summed E-state index contributed by atoms with van der Waals surface area (Å²) < 4.78 is 6.23. The van der Waals surface area contributed by atoms with Crippen molar-refractivity contribution in [3.8, 4) is 16.9 Å². The van der Waals surface area contributed by atoms with Crippen LogP contribution < -0.4 is 15.4 Å². The van der Waals surface area contributed by atoms with Crippen LogP contribution in [0.3, 0.4) is 0 Å². The quantitative estimate of drug-likeness (QED) is 0.418. The Hall–Kier alpha value is -3.11. The van der Waals surface area contributed by atoms with Crippen LogP contribution >= 0.6 is 22.7 Å². The number of urea groups is 1. The molecule has 10 heteroatoms. The van der Waals surface area contributed by atoms with Gasteiger partial charge in [-0.05, 0) is 23.8 Å². The molecule has 4 aromatic rings. The number of amides is 2. The average Bonchev–Trinajstić information content (AvgIpc) is 3.39. The summed E-state index contributed by atoms with van der Waals surface area (Å²) in [5.74, 6) is 0.703. The standard InChI is InChI=1S/C22H24N6O2S2/c1-22(2,3)19-28-27-18(32-19)7-8-24-20(29)26-21-25-16-6-5-13(10-17(16)31-21)14-9-15(30-4)12-23-11-14/h5-6,9-12H,7-8H2,1-4H3,(H2,24,25,26,29). The second-order valence-electron chi connectivity index (χ2n) is 8.20. The van der Waals surface area contributed by atoms with E-state index in [1.807, 2.05) is 24.3 Å². The van der Waals surface area contributed by atoms with Crippen LogP contribution in [0.1, 0.15) is 30.8 Å². The van der Waals surface area contributed by atoms with Gasteiger partial charge in [-0.25, -0.2) is 9.78 Å². The number of fused-ring (bicyclic) bond motifs is 1. The smallest absolute Gasteiger partial charge is 0.321 e. The van der Waals surface area contributed by atoms with Crippen LogP contribution in [0, 0.1) is 0 Å². The van der Waals surface area contributed by atoms with Gasteiger partial charge in [0, 0.05) is 30.1 Å². The van der Waals surface area contributed by atoms with Crippen LogP contribution in [0.5, 0.6) is 5.75 Å². The number of nitrogens with zero attached hydrogens (tertiary/aromatic N) is 4. The second kappa shape index (κ2) is 9.17. The number of methoxy groups -OCH3 is 1. The van der Waals surface area contributed by atoms with Gasteiger partial charge >= 0.3 is 6.03 Å². The molecule has 0 aliphatic heterocycles. The molecule has 3 heterocycles. The van der Waals surface area contributed by atoms with Crippen LogP contribution in [0.2, 0.25) is 0 Å². The summed E-state index contributed by atoms with van der Waals surface area (Å²) in [6.45, 7) is 6.80. The highest BCUT2D eigenvalue weighted by atomic mass is 32.1. The van der Waals surface area contributed by atoms with Gasteiger partial charge in [0.2, 0.25) is 0 Å². The zero-order valence-electron chi connectivity index (χ0n) is 18.3. The molecule has 0 saturated heterocycles. The molecule has 2 N–H and O–H groups in total. The molecule has 0 spiro atoms. The van der Waals surface area contributed by atoms with E-state index in [-0.39, 0.29) is 11.4 Å². The van der Waals surface area contributed by atoms with Crippen LogP contribution in [0.15, 0.2) is 36.7 Å². The Morgan fingerprint density at radius 3 is 2.69 bits per heavy atom. The molecule has 0 unspecified atom stereocenters. The van der Waals surface area contributed by atoms with Gasteiger partial charge in [0.25, 0.3) is 0 Å². The SMILES string of the molecule is COc1cncc(-c2ccc3nc(NC(=O)NCCc4nnc(C(C)(C)C)s4)sc3c2)c1. The van der Waals surface area contributed by atoms with Crippen molar-refractivity contribution >= 4 is 44.1 Å². The first kappa shape index (κ1) is 22.1. The maximum Gasteiger partial charge on any atom is 0.321 e. The Morgan fingerprint density at radius 2 is 1.94 bits per heavy atom.